The number of hydrogen-bond donors (Lipinski definition) is 0. The smallest absolute Gasteiger partial charge is 0.199 e. The van der Waals surface area contributed by atoms with Crippen molar-refractivity contribution in [3.8, 4) is 5.75 Å². The minimum absolute atomic E-state index is 0.0106. The van der Waals surface area contributed by atoms with Gasteiger partial charge in [-0.3, -0.25) is 0 Å². The lowest BCUT2D eigenvalue weighted by atomic mass is 9.63. The lowest BCUT2D eigenvalue weighted by Gasteiger charge is -2.08. The van der Waals surface area contributed by atoms with Gasteiger partial charge in [0.2, 0.25) is 0 Å². The highest BCUT2D eigenvalue weighted by molar-refractivity contribution is 6.67. The summed E-state index contributed by atoms with van der Waals surface area (Å²) in [6.45, 7) is 1.47. The molecule has 0 saturated carbocycles. The first-order valence-corrected chi connectivity index (χ1v) is 5.76. The molecule has 1 nitrogen and oxygen atoms in total. The molecule has 0 saturated heterocycles. The average molecular weight is 281 g/mol. The van der Waals surface area contributed by atoms with Gasteiger partial charge in [0.1, 0.15) is 17.5 Å². The van der Waals surface area contributed by atoms with Crippen LogP contribution in [0.2, 0.25) is 0 Å². The fourth-order valence-electron chi connectivity index (χ4n) is 1.77. The van der Waals surface area contributed by atoms with Gasteiger partial charge in [0.25, 0.3) is 0 Å². The summed E-state index contributed by atoms with van der Waals surface area (Å²) in [7, 11) is 2.40. The largest absolute Gasteiger partial charge is 0.494 e. The Bertz CT molecular complexity index is 658. The Balaban J connectivity index is 2.42. The molecule has 0 aliphatic heterocycles. The predicted octanol–water partition coefficient (Wildman–Crippen LogP) is 2.22. The van der Waals surface area contributed by atoms with Crippen molar-refractivity contribution in [3.05, 3.63) is 53.1 Å². The van der Waals surface area contributed by atoms with Gasteiger partial charge >= 0.3 is 0 Å². The Morgan fingerprint density at radius 1 is 0.800 bits per heavy atom. The summed E-state index contributed by atoms with van der Waals surface area (Å²) in [6, 6.07) is 3.74. The SMILES string of the molecule is COc1cc([B]c2cc(C)c(F)cc2F)c(F)cc1F. The second kappa shape index (κ2) is 5.57. The Morgan fingerprint density at radius 3 is 1.95 bits per heavy atom. The second-order valence-electron chi connectivity index (χ2n) is 4.28. The van der Waals surface area contributed by atoms with Gasteiger partial charge in [-0.15, -0.1) is 0 Å². The fraction of sp³-hybridized carbons (Fsp3) is 0.143. The van der Waals surface area contributed by atoms with E-state index in [9.17, 15) is 17.6 Å². The molecule has 6 heteroatoms. The third-order valence-electron chi connectivity index (χ3n) is 2.86. The molecular weight excluding hydrogens is 271 g/mol. The fourth-order valence-corrected chi connectivity index (χ4v) is 1.77. The topological polar surface area (TPSA) is 9.23 Å². The van der Waals surface area contributed by atoms with Gasteiger partial charge in [0.05, 0.1) is 7.11 Å². The summed E-state index contributed by atoms with van der Waals surface area (Å²) in [5, 5.41) is 0. The first kappa shape index (κ1) is 14.4. The third kappa shape index (κ3) is 2.79. The zero-order chi connectivity index (χ0) is 14.9. The molecule has 1 radical (unpaired) electrons. The van der Waals surface area contributed by atoms with E-state index >= 15 is 0 Å². The van der Waals surface area contributed by atoms with Crippen LogP contribution in [-0.2, 0) is 0 Å². The number of benzene rings is 2. The van der Waals surface area contributed by atoms with Crippen LogP contribution in [0.3, 0.4) is 0 Å². The molecular formula is C14H10BF4O. The van der Waals surface area contributed by atoms with Crippen molar-refractivity contribution in [1.29, 1.82) is 0 Å². The van der Waals surface area contributed by atoms with Gasteiger partial charge in [-0.2, -0.15) is 0 Å². The molecule has 0 heterocycles. The first-order valence-electron chi connectivity index (χ1n) is 5.76. The van der Waals surface area contributed by atoms with Gasteiger partial charge in [-0.1, -0.05) is 6.07 Å². The summed E-state index contributed by atoms with van der Waals surface area (Å²) < 4.78 is 58.4. The summed E-state index contributed by atoms with van der Waals surface area (Å²) in [5.41, 5.74) is 0.191. The highest BCUT2D eigenvalue weighted by atomic mass is 19.1. The van der Waals surface area contributed by atoms with Crippen LogP contribution < -0.4 is 15.7 Å². The third-order valence-corrected chi connectivity index (χ3v) is 2.86. The van der Waals surface area contributed by atoms with Gasteiger partial charge in [0, 0.05) is 12.1 Å². The molecule has 0 fully saturated rings. The molecule has 0 aromatic heterocycles. The van der Waals surface area contributed by atoms with Crippen LogP contribution in [0.5, 0.6) is 5.75 Å². The minimum Gasteiger partial charge on any atom is -0.494 e. The molecule has 2 aromatic carbocycles. The zero-order valence-electron chi connectivity index (χ0n) is 10.8. The summed E-state index contributed by atoms with van der Waals surface area (Å²) in [5.74, 6) is -3.37. The van der Waals surface area contributed by atoms with Gasteiger partial charge in [-0.05, 0) is 29.5 Å². The molecule has 0 unspecified atom stereocenters. The lowest BCUT2D eigenvalue weighted by molar-refractivity contribution is 0.385. The van der Waals surface area contributed by atoms with E-state index in [2.05, 4.69) is 0 Å². The summed E-state index contributed by atoms with van der Waals surface area (Å²) in [4.78, 5) is 0. The summed E-state index contributed by atoms with van der Waals surface area (Å²) >= 11 is 0. The van der Waals surface area contributed by atoms with Crippen molar-refractivity contribution in [2.75, 3.05) is 7.11 Å². The molecule has 2 rings (SSSR count). The number of halogens is 4. The van der Waals surface area contributed by atoms with Crippen molar-refractivity contribution in [2.45, 2.75) is 6.92 Å². The average Bonchev–Trinajstić information content (AvgIpc) is 2.38. The van der Waals surface area contributed by atoms with Gasteiger partial charge in [0.15, 0.2) is 18.8 Å². The predicted molar refractivity (Wildman–Crippen MR) is 69.0 cm³/mol. The van der Waals surface area contributed by atoms with Crippen molar-refractivity contribution in [1.82, 2.24) is 0 Å². The molecule has 0 N–H and O–H groups in total. The van der Waals surface area contributed by atoms with E-state index in [1.165, 1.54) is 27.4 Å². The van der Waals surface area contributed by atoms with E-state index in [1.54, 1.807) is 0 Å². The molecule has 2 aromatic rings. The van der Waals surface area contributed by atoms with Crippen LogP contribution in [-0.4, -0.2) is 14.4 Å². The number of aryl methyl sites for hydroxylation is 1. The number of ether oxygens (including phenoxy) is 1. The molecule has 0 atom stereocenters. The number of methoxy groups -OCH3 is 1. The van der Waals surface area contributed by atoms with Crippen LogP contribution in [0.4, 0.5) is 17.6 Å². The summed E-state index contributed by atoms with van der Waals surface area (Å²) in [6.07, 6.45) is 0. The maximum Gasteiger partial charge on any atom is 0.199 e. The van der Waals surface area contributed by atoms with Crippen LogP contribution in [0.1, 0.15) is 5.56 Å². The zero-order valence-corrected chi connectivity index (χ0v) is 10.8. The Morgan fingerprint density at radius 2 is 1.35 bits per heavy atom. The van der Waals surface area contributed by atoms with E-state index in [4.69, 9.17) is 4.74 Å². The lowest BCUT2D eigenvalue weighted by Crippen LogP contribution is -2.32. The van der Waals surface area contributed by atoms with Crippen molar-refractivity contribution in [2.24, 2.45) is 0 Å². The molecule has 0 amide bonds. The minimum atomic E-state index is -0.857. The Hall–Kier alpha value is -1.98. The van der Waals surface area contributed by atoms with E-state index in [0.717, 1.165) is 12.1 Å². The van der Waals surface area contributed by atoms with Crippen molar-refractivity contribution < 1.29 is 22.3 Å². The Labute approximate surface area is 114 Å². The molecule has 0 aliphatic rings. The molecule has 0 aliphatic carbocycles. The maximum atomic E-state index is 13.6. The van der Waals surface area contributed by atoms with Gasteiger partial charge in [-0.25, -0.2) is 17.6 Å². The highest BCUT2D eigenvalue weighted by Gasteiger charge is 2.15. The number of rotatable bonds is 3. The van der Waals surface area contributed by atoms with Crippen LogP contribution in [0, 0.1) is 30.2 Å². The maximum absolute atomic E-state index is 13.6. The Kier molecular flexibility index (Phi) is 4.02. The monoisotopic (exact) mass is 281 g/mol. The standard InChI is InChI=1S/C14H10BF4O/c1-7-3-8(11(17)5-10(7)16)15-9-4-14(20-2)13(19)6-12(9)18/h3-6H,1-2H3. The van der Waals surface area contributed by atoms with E-state index < -0.39 is 23.3 Å². The van der Waals surface area contributed by atoms with E-state index in [0.29, 0.717) is 6.07 Å². The molecule has 0 spiro atoms. The number of hydrogen-bond acceptors (Lipinski definition) is 1. The van der Waals surface area contributed by atoms with Crippen LogP contribution >= 0.6 is 0 Å². The van der Waals surface area contributed by atoms with Crippen molar-refractivity contribution >= 4 is 18.2 Å². The quantitative estimate of drug-likeness (QED) is 0.619. The van der Waals surface area contributed by atoms with E-state index in [1.807, 2.05) is 0 Å². The van der Waals surface area contributed by atoms with Gasteiger partial charge < -0.3 is 4.74 Å². The second-order valence-corrected chi connectivity index (χ2v) is 4.28. The van der Waals surface area contributed by atoms with Crippen LogP contribution in [0.15, 0.2) is 24.3 Å². The van der Waals surface area contributed by atoms with Crippen molar-refractivity contribution in [3.63, 3.8) is 0 Å². The highest BCUT2D eigenvalue weighted by Crippen LogP contribution is 2.15. The molecule has 0 bridgehead atoms. The first-order chi connectivity index (χ1) is 9.42. The molecule has 20 heavy (non-hydrogen) atoms. The normalized spacial score (nSPS) is 10.5. The molecule has 103 valence electrons. The van der Waals surface area contributed by atoms with Crippen LogP contribution in [0.25, 0.3) is 0 Å². The van der Waals surface area contributed by atoms with E-state index in [-0.39, 0.29) is 22.2 Å².